The van der Waals surface area contributed by atoms with Crippen molar-refractivity contribution in [3.8, 4) is 0 Å². The molecule has 12 heteroatoms. The molecule has 1 fully saturated rings. The van der Waals surface area contributed by atoms with Gasteiger partial charge in [0.2, 0.25) is 10.0 Å². The molecule has 2 aromatic rings. The van der Waals surface area contributed by atoms with Crippen LogP contribution in [0, 0.1) is 5.92 Å². The maximum absolute atomic E-state index is 12.9. The molecule has 1 aromatic heterocycles. The summed E-state index contributed by atoms with van der Waals surface area (Å²) < 4.78 is 25.9. The van der Waals surface area contributed by atoms with Crippen LogP contribution in [0.5, 0.6) is 0 Å². The molecule has 0 aliphatic heterocycles. The highest BCUT2D eigenvalue weighted by atomic mass is 35.5. The van der Waals surface area contributed by atoms with Crippen molar-refractivity contribution in [1.29, 1.82) is 0 Å². The first-order valence-corrected chi connectivity index (χ1v) is 13.9. The second-order valence-electron chi connectivity index (χ2n) is 7.17. The predicted octanol–water partition coefficient (Wildman–Crippen LogP) is 4.58. The van der Waals surface area contributed by atoms with E-state index in [1.54, 1.807) is 18.2 Å². The Balaban J connectivity index is 1.72. The average Bonchev–Trinajstić information content (AvgIpc) is 3.36. The number of carbonyl (C=O) groups is 2. The largest absolute Gasteiger partial charge is 0.325 e. The van der Waals surface area contributed by atoms with E-state index in [0.717, 1.165) is 36.1 Å². The molecule has 0 saturated heterocycles. The molecule has 2 amide bonds. The fraction of sp³-hybridized carbons (Fsp3) is 0.421. The number of amides is 2. The Kier molecular flexibility index (Phi) is 7.98. The number of carbonyl (C=O) groups excluding carboxylic acids is 2. The maximum atomic E-state index is 12.9. The number of aromatic nitrogens is 1. The van der Waals surface area contributed by atoms with Crippen molar-refractivity contribution in [3.05, 3.63) is 34.5 Å². The monoisotopic (exact) mass is 502 g/mol. The molecule has 8 nitrogen and oxygen atoms in total. The van der Waals surface area contributed by atoms with Gasteiger partial charge in [-0.15, -0.1) is 11.8 Å². The number of nitrogens with zero attached hydrogens (tertiary/aromatic N) is 1. The van der Waals surface area contributed by atoms with Crippen molar-refractivity contribution in [3.63, 3.8) is 0 Å². The number of thiazole rings is 1. The fourth-order valence-corrected chi connectivity index (χ4v) is 5.56. The van der Waals surface area contributed by atoms with Gasteiger partial charge in [0.1, 0.15) is 0 Å². The molecule has 0 atom stereocenters. The van der Waals surface area contributed by atoms with Gasteiger partial charge >= 0.3 is 6.03 Å². The number of anilines is 2. The minimum absolute atomic E-state index is 0.0108. The number of halogens is 1. The molecular weight excluding hydrogens is 480 g/mol. The molecule has 168 valence electrons. The van der Waals surface area contributed by atoms with E-state index in [4.69, 9.17) is 11.6 Å². The number of nitrogens with one attached hydrogen (secondary N) is 3. The summed E-state index contributed by atoms with van der Waals surface area (Å²) in [5.74, 6) is -0.0570. The summed E-state index contributed by atoms with van der Waals surface area (Å²) in [7, 11) is -3.36. The molecule has 0 radical (unpaired) electrons. The smallest absolute Gasteiger partial charge is 0.307 e. The molecular formula is C19H23ClN4O4S3. The van der Waals surface area contributed by atoms with Crippen molar-refractivity contribution < 1.29 is 18.0 Å². The van der Waals surface area contributed by atoms with E-state index in [0.29, 0.717) is 27.1 Å². The van der Waals surface area contributed by atoms with Crippen LogP contribution in [0.1, 0.15) is 41.7 Å². The summed E-state index contributed by atoms with van der Waals surface area (Å²) in [5, 5.41) is 6.12. The number of hydrogen-bond donors (Lipinski definition) is 3. The minimum Gasteiger partial charge on any atom is -0.307 e. The number of urea groups is 1. The summed E-state index contributed by atoms with van der Waals surface area (Å²) in [6.07, 6.45) is 6.66. The van der Waals surface area contributed by atoms with Crippen molar-refractivity contribution in [2.24, 2.45) is 5.92 Å². The van der Waals surface area contributed by atoms with Gasteiger partial charge in [0.25, 0.3) is 0 Å². The van der Waals surface area contributed by atoms with Crippen LogP contribution >= 0.6 is 34.7 Å². The van der Waals surface area contributed by atoms with Crippen LogP contribution in [-0.2, 0) is 16.6 Å². The Hall–Kier alpha value is -1.66. The first-order valence-electron chi connectivity index (χ1n) is 9.56. The van der Waals surface area contributed by atoms with Crippen molar-refractivity contribution in [1.82, 2.24) is 9.71 Å². The topological polar surface area (TPSA) is 117 Å². The van der Waals surface area contributed by atoms with E-state index < -0.39 is 16.1 Å². The van der Waals surface area contributed by atoms with Gasteiger partial charge in [-0.2, -0.15) is 0 Å². The average molecular weight is 503 g/mol. The van der Waals surface area contributed by atoms with E-state index >= 15 is 0 Å². The van der Waals surface area contributed by atoms with Gasteiger partial charge in [0.15, 0.2) is 10.9 Å². The third-order valence-corrected chi connectivity index (χ3v) is 7.86. The van der Waals surface area contributed by atoms with Crippen LogP contribution < -0.4 is 15.4 Å². The highest BCUT2D eigenvalue weighted by molar-refractivity contribution is 8.00. The SMILES string of the molecule is CSc1sc(NC(=O)Nc2ccc(Cl)cc2C(=O)C2CCCC2)nc1CNS(C)(=O)=O. The number of thioether (sulfide) groups is 1. The van der Waals surface area contributed by atoms with Crippen molar-refractivity contribution in [2.45, 2.75) is 36.4 Å². The standard InChI is InChI=1S/C19H23ClN4O4S3/c1-29-17-15(10-21-31(2,27)28)23-19(30-17)24-18(26)22-14-8-7-12(20)9-13(14)16(25)11-5-3-4-6-11/h7-9,11,21H,3-6,10H2,1-2H3,(H2,22,23,24,26). The Morgan fingerprint density at radius 2 is 1.97 bits per heavy atom. The number of sulfonamides is 1. The number of hydrogen-bond acceptors (Lipinski definition) is 7. The van der Waals surface area contributed by atoms with E-state index in [1.165, 1.54) is 23.1 Å². The van der Waals surface area contributed by atoms with Gasteiger partial charge < -0.3 is 5.32 Å². The summed E-state index contributed by atoms with van der Waals surface area (Å²) in [6.45, 7) is 0.0338. The van der Waals surface area contributed by atoms with Crippen LogP contribution in [0.2, 0.25) is 5.02 Å². The lowest BCUT2D eigenvalue weighted by Gasteiger charge is -2.14. The van der Waals surface area contributed by atoms with Gasteiger partial charge in [-0.3, -0.25) is 10.1 Å². The van der Waals surface area contributed by atoms with Crippen LogP contribution in [-0.4, -0.2) is 37.7 Å². The normalized spacial score (nSPS) is 14.5. The number of rotatable bonds is 8. The molecule has 1 aliphatic rings. The summed E-state index contributed by atoms with van der Waals surface area (Å²) in [4.78, 5) is 29.8. The first-order chi connectivity index (χ1) is 14.7. The Morgan fingerprint density at radius 1 is 1.26 bits per heavy atom. The van der Waals surface area contributed by atoms with Crippen LogP contribution in [0.25, 0.3) is 0 Å². The van der Waals surface area contributed by atoms with E-state index in [2.05, 4.69) is 20.3 Å². The Bertz CT molecular complexity index is 1080. The van der Waals surface area contributed by atoms with Gasteiger partial charge in [-0.25, -0.2) is 22.9 Å². The Morgan fingerprint density at radius 3 is 2.61 bits per heavy atom. The van der Waals surface area contributed by atoms with E-state index in [-0.39, 0.29) is 18.2 Å². The van der Waals surface area contributed by atoms with Crippen LogP contribution in [0.4, 0.5) is 15.6 Å². The highest BCUT2D eigenvalue weighted by Gasteiger charge is 2.26. The molecule has 0 bridgehead atoms. The molecule has 0 spiro atoms. The van der Waals surface area contributed by atoms with E-state index in [1.807, 2.05) is 6.26 Å². The molecule has 1 aliphatic carbocycles. The molecule has 1 saturated carbocycles. The summed E-state index contributed by atoms with van der Waals surface area (Å²) in [5.41, 5.74) is 1.32. The minimum atomic E-state index is -3.36. The van der Waals surface area contributed by atoms with E-state index in [9.17, 15) is 18.0 Å². The van der Waals surface area contributed by atoms with Gasteiger partial charge in [0, 0.05) is 16.5 Å². The lowest BCUT2D eigenvalue weighted by Crippen LogP contribution is -2.23. The highest BCUT2D eigenvalue weighted by Crippen LogP contribution is 2.33. The van der Waals surface area contributed by atoms with Crippen LogP contribution in [0.15, 0.2) is 22.4 Å². The van der Waals surface area contributed by atoms with Gasteiger partial charge in [0.05, 0.1) is 28.4 Å². The number of benzene rings is 1. The number of ketones is 1. The molecule has 3 rings (SSSR count). The Labute approximate surface area is 194 Å². The number of Topliss-reactive ketones (excluding diaryl/α,β-unsaturated/α-hetero) is 1. The first kappa shape index (κ1) is 24.0. The van der Waals surface area contributed by atoms with Crippen molar-refractivity contribution >= 4 is 67.4 Å². The second-order valence-corrected chi connectivity index (χ2v) is 11.5. The van der Waals surface area contributed by atoms with Gasteiger partial charge in [-0.05, 0) is 37.3 Å². The lowest BCUT2D eigenvalue weighted by atomic mass is 9.95. The zero-order valence-electron chi connectivity index (χ0n) is 17.0. The van der Waals surface area contributed by atoms with Gasteiger partial charge in [-0.1, -0.05) is 35.8 Å². The second kappa shape index (κ2) is 10.3. The quantitative estimate of drug-likeness (QED) is 0.359. The maximum Gasteiger partial charge on any atom is 0.325 e. The summed E-state index contributed by atoms with van der Waals surface area (Å²) >= 11 is 8.74. The fourth-order valence-electron chi connectivity index (χ4n) is 3.35. The molecule has 1 aromatic carbocycles. The summed E-state index contributed by atoms with van der Waals surface area (Å²) in [6, 6.07) is 4.27. The molecule has 31 heavy (non-hydrogen) atoms. The van der Waals surface area contributed by atoms with Crippen molar-refractivity contribution in [2.75, 3.05) is 23.1 Å². The zero-order valence-corrected chi connectivity index (χ0v) is 20.2. The third kappa shape index (κ3) is 6.66. The van der Waals surface area contributed by atoms with Crippen LogP contribution in [0.3, 0.4) is 0 Å². The lowest BCUT2D eigenvalue weighted by molar-refractivity contribution is 0.0923. The zero-order chi connectivity index (χ0) is 22.6. The molecule has 0 unspecified atom stereocenters. The predicted molar refractivity (Wildman–Crippen MR) is 126 cm³/mol. The molecule has 3 N–H and O–H groups in total. The molecule has 1 heterocycles. The third-order valence-electron chi connectivity index (χ3n) is 4.79.